The first-order valence-corrected chi connectivity index (χ1v) is 0. The van der Waals surface area contributed by atoms with Gasteiger partial charge in [-0.25, -0.2) is 0 Å². The largest absolute Gasteiger partial charge is 5.00 e. The molecule has 11 heteroatoms. The first-order chi connectivity index (χ1) is 0. The maximum Gasteiger partial charge on any atom is 5.00 e. The molecule has 11 heavy (non-hydrogen) atoms. The van der Waals surface area contributed by atoms with Crippen LogP contribution in [0.5, 0.6) is 0 Å². The van der Waals surface area contributed by atoms with Gasteiger partial charge in [-0.2, -0.15) is 0 Å². The summed E-state index contributed by atoms with van der Waals surface area (Å²) in [5, 5.41) is 0. The van der Waals surface area contributed by atoms with E-state index < -0.39 is 0 Å². The molecule has 5 nitrogen and oxygen atoms in total. The number of nitrogens with zero attached hydrogens (tertiary/aromatic N) is 5. The molecule has 0 aromatic rings. The van der Waals surface area contributed by atoms with Gasteiger partial charge in [-0.3, -0.25) is 0 Å². The van der Waals surface area contributed by atoms with E-state index in [9.17, 15) is 0 Å². The molecule has 0 atom stereocenters. The Hall–Kier alpha value is 4.24. The van der Waals surface area contributed by atoms with E-state index in [1.165, 1.54) is 0 Å². The van der Waals surface area contributed by atoms with Crippen LogP contribution in [0.4, 0.5) is 0 Å². The van der Waals surface area contributed by atoms with Crippen LogP contribution in [-0.2, 0) is 134 Å². The zero-order chi connectivity index (χ0) is 0. The van der Waals surface area contributed by atoms with Gasteiger partial charge in [0.05, 0.1) is 0 Å². The van der Waals surface area contributed by atoms with E-state index in [2.05, 4.69) is 0 Å². The molecular formula is N5Nb6. The summed E-state index contributed by atoms with van der Waals surface area (Å²) in [7, 11) is 0. The van der Waals surface area contributed by atoms with Crippen LogP contribution in [-0.4, -0.2) is 0 Å². The quantitative estimate of drug-likeness (QED) is 0.357. The molecule has 0 aliphatic heterocycles. The van der Waals surface area contributed by atoms with Gasteiger partial charge >= 0.3 is 67.1 Å². The first kappa shape index (κ1) is 172. The third-order valence-electron chi connectivity index (χ3n) is 0. The van der Waals surface area contributed by atoms with Crippen LogP contribution in [0.2, 0.25) is 0 Å². The zero-order valence-corrected chi connectivity index (χ0v) is 18.1. The van der Waals surface area contributed by atoms with Gasteiger partial charge in [0.15, 0.2) is 0 Å². The van der Waals surface area contributed by atoms with Crippen molar-refractivity contribution in [1.29, 1.82) is 0 Å². The normalized spacial score (nSPS) is 0. The molecule has 0 saturated heterocycles. The summed E-state index contributed by atoms with van der Waals surface area (Å²) in [4.78, 5) is 0. The van der Waals surface area contributed by atoms with Crippen molar-refractivity contribution in [2.24, 2.45) is 0 Å². The number of hydrogen-bond donors (Lipinski definition) is 0. The molecule has 3 radical (unpaired) electrons. The van der Waals surface area contributed by atoms with E-state index >= 15 is 0 Å². The Bertz CT molecular complexity index is 10.9. The molecule has 0 saturated carbocycles. The predicted molar refractivity (Wildman–Crippen MR) is 16.8 cm³/mol. The minimum absolute atomic E-state index is 0. The van der Waals surface area contributed by atoms with E-state index in [4.69, 9.17) is 0 Å². The molecule has 0 heterocycles. The Kier molecular flexibility index (Phi) is 2170. The van der Waals surface area contributed by atoms with Crippen LogP contribution >= 0.6 is 0 Å². The topological polar surface area (TPSA) is 152 Å². The molecule has 0 N–H and O–H groups in total. The monoisotopic (exact) mass is 627 g/mol. The van der Waals surface area contributed by atoms with Crippen LogP contribution in [0.15, 0.2) is 0 Å². The molecule has 55 valence electrons. The van der Waals surface area contributed by atoms with Gasteiger partial charge in [0.2, 0.25) is 0 Å². The Morgan fingerprint density at radius 2 is 0.273 bits per heavy atom. The Morgan fingerprint density at radius 1 is 0.273 bits per heavy atom. The van der Waals surface area contributed by atoms with Gasteiger partial charge in [-0.15, -0.1) is 0 Å². The van der Waals surface area contributed by atoms with Crippen molar-refractivity contribution in [2.75, 3.05) is 0 Å². The van der Waals surface area contributed by atoms with Gasteiger partial charge < -0.3 is 30.8 Å². The maximum atomic E-state index is 0. The molecule has 0 unspecified atom stereocenters. The summed E-state index contributed by atoms with van der Waals surface area (Å²) < 4.78 is 0. The smallest absolute Gasteiger partial charge is 3.00 e. The zero-order valence-electron chi connectivity index (χ0n) is 4.92. The molecule has 0 aliphatic rings. The van der Waals surface area contributed by atoms with E-state index in [0.717, 1.165) is 0 Å². The van der Waals surface area contributed by atoms with Crippen molar-refractivity contribution < 1.29 is 134 Å². The summed E-state index contributed by atoms with van der Waals surface area (Å²) in [5.41, 5.74) is 0. The molecule has 0 spiro atoms. The van der Waals surface area contributed by atoms with Gasteiger partial charge in [-0.05, 0) is 0 Å². The molecule has 0 aliphatic carbocycles. The van der Waals surface area contributed by atoms with E-state index in [1.54, 1.807) is 0 Å². The summed E-state index contributed by atoms with van der Waals surface area (Å²) in [6.07, 6.45) is 0. The van der Waals surface area contributed by atoms with Crippen molar-refractivity contribution in [3.8, 4) is 0 Å². The maximum absolute atomic E-state index is 0. The average Bonchev–Trinajstić information content (AvgIpc) is 0. The van der Waals surface area contributed by atoms with Gasteiger partial charge in [0, 0.05) is 67.1 Å². The van der Waals surface area contributed by atoms with Crippen LogP contribution in [0.1, 0.15) is 0 Å². The fourth-order valence-corrected chi connectivity index (χ4v) is 0. The molecule has 0 amide bonds. The number of rotatable bonds is 0. The second kappa shape index (κ2) is 139. The van der Waals surface area contributed by atoms with Crippen LogP contribution in [0.25, 0.3) is 30.8 Å². The standard InChI is InChI=1S/5N.6Nb/q5*-3;;;;3*+5. The summed E-state index contributed by atoms with van der Waals surface area (Å²) >= 11 is 0. The van der Waals surface area contributed by atoms with Crippen molar-refractivity contribution in [2.45, 2.75) is 0 Å². The SMILES string of the molecule is [N-3].[N-3].[N-3].[N-3].[N-3].[Nb+5].[Nb+5].[Nb+5].[Nb].[Nb].[Nb]. The van der Waals surface area contributed by atoms with Crippen LogP contribution < -0.4 is 0 Å². The molecule has 0 bridgehead atoms. The summed E-state index contributed by atoms with van der Waals surface area (Å²) in [6, 6.07) is 0. The Morgan fingerprint density at radius 3 is 0.273 bits per heavy atom. The number of hydrogen-bond acceptors (Lipinski definition) is 0. The average molecular weight is 627 g/mol. The van der Waals surface area contributed by atoms with Crippen molar-refractivity contribution >= 4 is 0 Å². The molecular weight excluding hydrogens is 627 g/mol. The van der Waals surface area contributed by atoms with E-state index in [1.807, 2.05) is 0 Å². The van der Waals surface area contributed by atoms with Crippen molar-refractivity contribution in [1.82, 2.24) is 0 Å². The second-order valence-corrected chi connectivity index (χ2v) is 0. The van der Waals surface area contributed by atoms with E-state index in [0.29, 0.717) is 0 Å². The summed E-state index contributed by atoms with van der Waals surface area (Å²) in [5.74, 6) is 0. The van der Waals surface area contributed by atoms with Crippen LogP contribution in [0, 0.1) is 0 Å². The first-order valence-electron chi connectivity index (χ1n) is 0. The predicted octanol–water partition coefficient (Wildman–Crippen LogP) is 1.43. The van der Waals surface area contributed by atoms with Crippen LogP contribution in [0.3, 0.4) is 0 Å². The molecule has 0 fully saturated rings. The van der Waals surface area contributed by atoms with E-state index in [-0.39, 0.29) is 165 Å². The van der Waals surface area contributed by atoms with Gasteiger partial charge in [0.25, 0.3) is 0 Å². The minimum Gasteiger partial charge on any atom is -3.00 e. The molecule has 0 aromatic heterocycles. The third kappa shape index (κ3) is 119. The Labute approximate surface area is 162 Å². The molecule has 0 aromatic carbocycles. The second-order valence-electron chi connectivity index (χ2n) is 0. The molecule has 0 rings (SSSR count). The van der Waals surface area contributed by atoms with Crippen molar-refractivity contribution in [3.05, 3.63) is 30.8 Å². The summed E-state index contributed by atoms with van der Waals surface area (Å²) in [6.45, 7) is 0. The minimum atomic E-state index is 0. The van der Waals surface area contributed by atoms with Gasteiger partial charge in [-0.1, -0.05) is 0 Å². The fourth-order valence-electron chi connectivity index (χ4n) is 0. The third-order valence-corrected chi connectivity index (χ3v) is 0. The fraction of sp³-hybridized carbons (Fsp3) is 0. The van der Waals surface area contributed by atoms with Gasteiger partial charge in [0.1, 0.15) is 0 Å². The Balaban J connectivity index is 0. The van der Waals surface area contributed by atoms with Crippen molar-refractivity contribution in [3.63, 3.8) is 0 Å².